The van der Waals surface area contributed by atoms with E-state index in [2.05, 4.69) is 20.4 Å². The zero-order valence-corrected chi connectivity index (χ0v) is 12.5. The molecule has 6 nitrogen and oxygen atoms in total. The van der Waals surface area contributed by atoms with Gasteiger partial charge in [-0.15, -0.1) is 0 Å². The van der Waals surface area contributed by atoms with E-state index in [0.29, 0.717) is 16.4 Å². The molecule has 2 N–H and O–H groups in total. The first-order valence-electron chi connectivity index (χ1n) is 6.61. The Hall–Kier alpha value is -2.60. The van der Waals surface area contributed by atoms with E-state index in [0.717, 1.165) is 11.3 Å². The molecule has 7 heteroatoms. The lowest BCUT2D eigenvalue weighted by molar-refractivity contribution is 0.0940. The SMILES string of the molecule is Cc1[nH]ccc1C(=O)NC(c1ccc(Cl)cc1)c1ncon1. The van der Waals surface area contributed by atoms with Gasteiger partial charge in [-0.1, -0.05) is 28.9 Å². The van der Waals surface area contributed by atoms with Crippen LogP contribution in [0.5, 0.6) is 0 Å². The number of hydrogen-bond acceptors (Lipinski definition) is 4. The molecule has 0 aliphatic carbocycles. The Labute approximate surface area is 131 Å². The highest BCUT2D eigenvalue weighted by atomic mass is 35.5. The molecule has 2 heterocycles. The molecule has 0 saturated heterocycles. The summed E-state index contributed by atoms with van der Waals surface area (Å²) in [6.07, 6.45) is 2.95. The molecule has 112 valence electrons. The third kappa shape index (κ3) is 2.87. The van der Waals surface area contributed by atoms with Gasteiger partial charge in [0.2, 0.25) is 6.39 Å². The van der Waals surface area contributed by atoms with Crippen molar-refractivity contribution in [3.8, 4) is 0 Å². The number of amides is 1. The molecule has 0 aliphatic heterocycles. The number of aryl methyl sites for hydroxylation is 1. The van der Waals surface area contributed by atoms with E-state index in [1.54, 1.807) is 24.4 Å². The summed E-state index contributed by atoms with van der Waals surface area (Å²) in [6.45, 7) is 1.83. The van der Waals surface area contributed by atoms with Crippen LogP contribution in [0.1, 0.15) is 33.5 Å². The van der Waals surface area contributed by atoms with Crippen molar-refractivity contribution in [2.24, 2.45) is 0 Å². The van der Waals surface area contributed by atoms with E-state index >= 15 is 0 Å². The largest absolute Gasteiger partial charge is 0.365 e. The van der Waals surface area contributed by atoms with Crippen LogP contribution in [0.4, 0.5) is 0 Å². The summed E-state index contributed by atoms with van der Waals surface area (Å²) in [5.41, 5.74) is 2.18. The van der Waals surface area contributed by atoms with Gasteiger partial charge in [-0.05, 0) is 30.7 Å². The second-order valence-corrected chi connectivity index (χ2v) is 5.20. The highest BCUT2D eigenvalue weighted by Gasteiger charge is 2.22. The number of aromatic amines is 1. The van der Waals surface area contributed by atoms with Crippen LogP contribution in [0, 0.1) is 6.92 Å². The van der Waals surface area contributed by atoms with Crippen molar-refractivity contribution in [1.82, 2.24) is 20.4 Å². The molecule has 0 aliphatic rings. The quantitative estimate of drug-likeness (QED) is 0.775. The number of carbonyl (C=O) groups is 1. The van der Waals surface area contributed by atoms with Crippen LogP contribution >= 0.6 is 11.6 Å². The number of nitrogens with one attached hydrogen (secondary N) is 2. The Morgan fingerprint density at radius 3 is 2.68 bits per heavy atom. The van der Waals surface area contributed by atoms with Crippen LogP contribution in [0.2, 0.25) is 5.02 Å². The minimum Gasteiger partial charge on any atom is -0.365 e. The number of halogens is 1. The van der Waals surface area contributed by atoms with E-state index in [4.69, 9.17) is 16.1 Å². The van der Waals surface area contributed by atoms with E-state index in [-0.39, 0.29) is 5.91 Å². The molecule has 0 radical (unpaired) electrons. The fourth-order valence-corrected chi connectivity index (χ4v) is 2.29. The lowest BCUT2D eigenvalue weighted by atomic mass is 10.1. The number of nitrogens with zero attached hydrogens (tertiary/aromatic N) is 2. The molecular weight excluding hydrogens is 304 g/mol. The maximum atomic E-state index is 12.4. The summed E-state index contributed by atoms with van der Waals surface area (Å²) in [7, 11) is 0. The predicted octanol–water partition coefficient (Wildman–Crippen LogP) is 2.88. The molecule has 0 bridgehead atoms. The van der Waals surface area contributed by atoms with Crippen LogP contribution in [-0.2, 0) is 0 Å². The number of hydrogen-bond donors (Lipinski definition) is 2. The molecule has 1 amide bonds. The number of rotatable bonds is 4. The Balaban J connectivity index is 1.91. The van der Waals surface area contributed by atoms with E-state index < -0.39 is 6.04 Å². The fourth-order valence-electron chi connectivity index (χ4n) is 2.17. The van der Waals surface area contributed by atoms with Gasteiger partial charge in [-0.25, -0.2) is 0 Å². The molecule has 0 saturated carbocycles. The Morgan fingerprint density at radius 2 is 2.09 bits per heavy atom. The topological polar surface area (TPSA) is 83.8 Å². The first-order chi connectivity index (χ1) is 10.6. The standard InChI is InChI=1S/C15H13ClN4O2/c1-9-12(6-7-17-9)15(21)19-13(14-18-8-22-20-14)10-2-4-11(16)5-3-10/h2-8,13,17H,1H3,(H,19,21). The molecule has 3 aromatic rings. The van der Waals surface area contributed by atoms with Gasteiger partial charge in [0.25, 0.3) is 5.91 Å². The minimum absolute atomic E-state index is 0.219. The van der Waals surface area contributed by atoms with Crippen molar-refractivity contribution >= 4 is 17.5 Å². The van der Waals surface area contributed by atoms with Gasteiger partial charge in [0.1, 0.15) is 6.04 Å². The summed E-state index contributed by atoms with van der Waals surface area (Å²) in [5, 5.41) is 7.36. The Morgan fingerprint density at radius 1 is 1.32 bits per heavy atom. The highest BCUT2D eigenvalue weighted by molar-refractivity contribution is 6.30. The number of H-pyrrole nitrogens is 1. The van der Waals surface area contributed by atoms with Crippen molar-refractivity contribution in [3.63, 3.8) is 0 Å². The first kappa shape index (κ1) is 14.3. The monoisotopic (exact) mass is 316 g/mol. The van der Waals surface area contributed by atoms with E-state index in [9.17, 15) is 4.79 Å². The molecule has 0 spiro atoms. The second-order valence-electron chi connectivity index (χ2n) is 4.76. The summed E-state index contributed by atoms with van der Waals surface area (Å²) >= 11 is 5.91. The maximum absolute atomic E-state index is 12.4. The Kier molecular flexibility index (Phi) is 3.93. The lowest BCUT2D eigenvalue weighted by Crippen LogP contribution is -2.30. The van der Waals surface area contributed by atoms with Crippen molar-refractivity contribution in [1.29, 1.82) is 0 Å². The number of carbonyl (C=O) groups excluding carboxylic acids is 1. The van der Waals surface area contributed by atoms with Gasteiger partial charge >= 0.3 is 0 Å². The van der Waals surface area contributed by atoms with Gasteiger partial charge in [-0.2, -0.15) is 4.98 Å². The van der Waals surface area contributed by atoms with Gasteiger partial charge < -0.3 is 14.8 Å². The molecule has 22 heavy (non-hydrogen) atoms. The van der Waals surface area contributed by atoms with E-state index in [1.807, 2.05) is 19.1 Å². The maximum Gasteiger partial charge on any atom is 0.253 e. The van der Waals surface area contributed by atoms with Gasteiger partial charge in [0.15, 0.2) is 5.82 Å². The van der Waals surface area contributed by atoms with Gasteiger partial charge in [0, 0.05) is 16.9 Å². The molecule has 1 atom stereocenters. The summed E-state index contributed by atoms with van der Waals surface area (Å²) in [4.78, 5) is 19.4. The van der Waals surface area contributed by atoms with Crippen molar-refractivity contribution in [2.75, 3.05) is 0 Å². The third-order valence-corrected chi connectivity index (χ3v) is 3.57. The summed E-state index contributed by atoms with van der Waals surface area (Å²) < 4.78 is 4.79. The Bertz CT molecular complexity index is 765. The smallest absolute Gasteiger partial charge is 0.253 e. The van der Waals surface area contributed by atoms with Crippen LogP contribution in [0.25, 0.3) is 0 Å². The minimum atomic E-state index is -0.516. The van der Waals surface area contributed by atoms with E-state index in [1.165, 1.54) is 6.39 Å². The van der Waals surface area contributed by atoms with Crippen LogP contribution < -0.4 is 5.32 Å². The third-order valence-electron chi connectivity index (χ3n) is 3.31. The highest BCUT2D eigenvalue weighted by Crippen LogP contribution is 2.22. The normalized spacial score (nSPS) is 12.1. The van der Waals surface area contributed by atoms with Gasteiger partial charge in [0.05, 0.1) is 5.56 Å². The molecule has 3 rings (SSSR count). The average Bonchev–Trinajstić information content (AvgIpc) is 3.17. The van der Waals surface area contributed by atoms with Crippen molar-refractivity contribution in [2.45, 2.75) is 13.0 Å². The second kappa shape index (κ2) is 6.03. The van der Waals surface area contributed by atoms with Crippen LogP contribution in [-0.4, -0.2) is 21.0 Å². The van der Waals surface area contributed by atoms with Crippen LogP contribution in [0.3, 0.4) is 0 Å². The number of aromatic nitrogens is 3. The molecule has 1 unspecified atom stereocenters. The zero-order valence-electron chi connectivity index (χ0n) is 11.7. The molecule has 2 aromatic heterocycles. The average molecular weight is 317 g/mol. The van der Waals surface area contributed by atoms with Gasteiger partial charge in [-0.3, -0.25) is 4.79 Å². The lowest BCUT2D eigenvalue weighted by Gasteiger charge is -2.16. The van der Waals surface area contributed by atoms with Crippen LogP contribution in [0.15, 0.2) is 47.4 Å². The summed E-state index contributed by atoms with van der Waals surface area (Å²) in [5.74, 6) is 0.160. The fraction of sp³-hybridized carbons (Fsp3) is 0.133. The predicted molar refractivity (Wildman–Crippen MR) is 80.6 cm³/mol. The molecule has 1 aromatic carbocycles. The first-order valence-corrected chi connectivity index (χ1v) is 6.99. The van der Waals surface area contributed by atoms with Crippen molar-refractivity contribution in [3.05, 3.63) is 70.6 Å². The number of benzene rings is 1. The summed E-state index contributed by atoms with van der Waals surface area (Å²) in [6, 6.07) is 8.33. The van der Waals surface area contributed by atoms with Crippen molar-refractivity contribution < 1.29 is 9.32 Å². The molecular formula is C15H13ClN4O2. The molecule has 0 fully saturated rings. The zero-order chi connectivity index (χ0) is 15.5.